The summed E-state index contributed by atoms with van der Waals surface area (Å²) in [6.07, 6.45) is 2.94. The highest BCUT2D eigenvalue weighted by atomic mass is 16.1. The molecule has 0 radical (unpaired) electrons. The first-order chi connectivity index (χ1) is 8.03. The molecule has 1 saturated heterocycles. The Morgan fingerprint density at radius 2 is 2.12 bits per heavy atom. The Hall–Kier alpha value is -1.62. The summed E-state index contributed by atoms with van der Waals surface area (Å²) in [6, 6.07) is 3.94. The third kappa shape index (κ3) is 2.24. The third-order valence-corrected chi connectivity index (χ3v) is 3.43. The van der Waals surface area contributed by atoms with Crippen LogP contribution in [-0.4, -0.2) is 29.5 Å². The number of amides is 1. The van der Waals surface area contributed by atoms with Crippen molar-refractivity contribution in [3.8, 4) is 0 Å². The number of nitrogens with two attached hydrogens (primary N) is 2. The van der Waals surface area contributed by atoms with Crippen molar-refractivity contribution < 1.29 is 4.79 Å². The highest BCUT2D eigenvalue weighted by Crippen LogP contribution is 2.25. The SMILES string of the molecule is Cc1cccnc1N1CCC(N)(C(N)=O)CC1. The van der Waals surface area contributed by atoms with Crippen molar-refractivity contribution in [2.24, 2.45) is 11.5 Å². The first-order valence-corrected chi connectivity index (χ1v) is 5.78. The van der Waals surface area contributed by atoms with Crippen LogP contribution in [0.4, 0.5) is 5.82 Å². The lowest BCUT2D eigenvalue weighted by Gasteiger charge is -2.38. The van der Waals surface area contributed by atoms with E-state index >= 15 is 0 Å². The molecule has 1 fully saturated rings. The van der Waals surface area contributed by atoms with E-state index < -0.39 is 11.4 Å². The van der Waals surface area contributed by atoms with E-state index in [4.69, 9.17) is 11.5 Å². The van der Waals surface area contributed by atoms with Gasteiger partial charge in [-0.1, -0.05) is 6.07 Å². The minimum atomic E-state index is -0.848. The molecule has 1 aromatic heterocycles. The van der Waals surface area contributed by atoms with Crippen LogP contribution >= 0.6 is 0 Å². The predicted molar refractivity (Wildman–Crippen MR) is 66.5 cm³/mol. The molecule has 1 aliphatic heterocycles. The Morgan fingerprint density at radius 1 is 1.47 bits per heavy atom. The number of hydrogen-bond donors (Lipinski definition) is 2. The standard InChI is InChI=1S/C12H18N4O/c1-9-3-2-6-15-10(9)16-7-4-12(14,5-8-16)11(13)17/h2-3,6H,4-5,7-8,14H2,1H3,(H2,13,17). The molecule has 2 heterocycles. The molecule has 1 aromatic rings. The molecule has 17 heavy (non-hydrogen) atoms. The minimum absolute atomic E-state index is 0.408. The van der Waals surface area contributed by atoms with Crippen molar-refractivity contribution in [1.29, 1.82) is 0 Å². The van der Waals surface area contributed by atoms with Gasteiger partial charge in [-0.15, -0.1) is 0 Å². The van der Waals surface area contributed by atoms with E-state index in [1.54, 1.807) is 6.20 Å². The molecule has 1 amide bonds. The zero-order valence-electron chi connectivity index (χ0n) is 10.0. The normalized spacial score (nSPS) is 19.1. The minimum Gasteiger partial charge on any atom is -0.368 e. The van der Waals surface area contributed by atoms with Gasteiger partial charge in [0.15, 0.2) is 0 Å². The van der Waals surface area contributed by atoms with Crippen molar-refractivity contribution in [3.63, 3.8) is 0 Å². The van der Waals surface area contributed by atoms with Gasteiger partial charge >= 0.3 is 0 Å². The Bertz CT molecular complexity index is 424. The van der Waals surface area contributed by atoms with Gasteiger partial charge in [0.05, 0.1) is 5.54 Å². The zero-order valence-corrected chi connectivity index (χ0v) is 10.0. The molecule has 0 saturated carbocycles. The Kier molecular flexibility index (Phi) is 3.02. The summed E-state index contributed by atoms with van der Waals surface area (Å²) in [7, 11) is 0. The molecule has 2 rings (SSSR count). The van der Waals surface area contributed by atoms with E-state index in [1.165, 1.54) is 0 Å². The molecule has 5 nitrogen and oxygen atoms in total. The summed E-state index contributed by atoms with van der Waals surface area (Å²) in [6.45, 7) is 3.47. The lowest BCUT2D eigenvalue weighted by Crippen LogP contribution is -2.58. The zero-order chi connectivity index (χ0) is 12.5. The highest BCUT2D eigenvalue weighted by molar-refractivity contribution is 5.84. The molecule has 1 aliphatic rings. The maximum Gasteiger partial charge on any atom is 0.237 e. The second-order valence-electron chi connectivity index (χ2n) is 4.65. The van der Waals surface area contributed by atoms with E-state index in [-0.39, 0.29) is 0 Å². The first kappa shape index (κ1) is 11.9. The van der Waals surface area contributed by atoms with Crippen LogP contribution in [0.3, 0.4) is 0 Å². The van der Waals surface area contributed by atoms with Crippen LogP contribution in [0.15, 0.2) is 18.3 Å². The molecule has 0 aromatic carbocycles. The molecule has 0 atom stereocenters. The van der Waals surface area contributed by atoms with Crippen molar-refractivity contribution >= 4 is 11.7 Å². The van der Waals surface area contributed by atoms with Crippen molar-refractivity contribution in [2.45, 2.75) is 25.3 Å². The van der Waals surface area contributed by atoms with Crippen LogP contribution < -0.4 is 16.4 Å². The van der Waals surface area contributed by atoms with Gasteiger partial charge in [-0.05, 0) is 31.4 Å². The number of piperidine rings is 1. The Morgan fingerprint density at radius 3 is 2.65 bits per heavy atom. The number of anilines is 1. The molecule has 4 N–H and O–H groups in total. The fourth-order valence-electron chi connectivity index (χ4n) is 2.17. The van der Waals surface area contributed by atoms with Crippen LogP contribution in [-0.2, 0) is 4.79 Å². The van der Waals surface area contributed by atoms with E-state index in [9.17, 15) is 4.79 Å². The average Bonchev–Trinajstić information content (AvgIpc) is 2.31. The van der Waals surface area contributed by atoms with Crippen LogP contribution in [0.25, 0.3) is 0 Å². The van der Waals surface area contributed by atoms with Gasteiger partial charge in [0, 0.05) is 19.3 Å². The molecule has 5 heteroatoms. The van der Waals surface area contributed by atoms with E-state index in [2.05, 4.69) is 9.88 Å². The second kappa shape index (κ2) is 4.33. The van der Waals surface area contributed by atoms with Crippen LogP contribution in [0.1, 0.15) is 18.4 Å². The monoisotopic (exact) mass is 234 g/mol. The highest BCUT2D eigenvalue weighted by Gasteiger charge is 2.36. The summed E-state index contributed by atoms with van der Waals surface area (Å²) >= 11 is 0. The van der Waals surface area contributed by atoms with Crippen molar-refractivity contribution in [2.75, 3.05) is 18.0 Å². The number of nitrogens with zero attached hydrogens (tertiary/aromatic N) is 2. The third-order valence-electron chi connectivity index (χ3n) is 3.43. The molecule has 0 spiro atoms. The van der Waals surface area contributed by atoms with Gasteiger partial charge in [-0.3, -0.25) is 4.79 Å². The van der Waals surface area contributed by atoms with Crippen LogP contribution in [0.2, 0.25) is 0 Å². The molecule has 0 unspecified atom stereocenters. The molecule has 0 aliphatic carbocycles. The smallest absolute Gasteiger partial charge is 0.237 e. The Labute approximate surface area is 101 Å². The number of carbonyl (C=O) groups excluding carboxylic acids is 1. The average molecular weight is 234 g/mol. The fourth-order valence-corrected chi connectivity index (χ4v) is 2.17. The number of aryl methyl sites for hydroxylation is 1. The van der Waals surface area contributed by atoms with Crippen LogP contribution in [0.5, 0.6) is 0 Å². The largest absolute Gasteiger partial charge is 0.368 e. The number of carbonyl (C=O) groups is 1. The molecule has 0 bridgehead atoms. The summed E-state index contributed by atoms with van der Waals surface area (Å²) in [5.41, 5.74) is 11.6. The molecule has 92 valence electrons. The topological polar surface area (TPSA) is 85.2 Å². The second-order valence-corrected chi connectivity index (χ2v) is 4.65. The molecular formula is C12H18N4O. The lowest BCUT2D eigenvalue weighted by molar-refractivity contribution is -0.123. The maximum absolute atomic E-state index is 11.2. The number of aromatic nitrogens is 1. The predicted octanol–water partition coefficient (Wildman–Crippen LogP) is 0.173. The van der Waals surface area contributed by atoms with E-state index in [0.717, 1.165) is 24.5 Å². The van der Waals surface area contributed by atoms with Crippen LogP contribution in [0, 0.1) is 6.92 Å². The van der Waals surface area contributed by atoms with E-state index in [0.29, 0.717) is 12.8 Å². The quantitative estimate of drug-likeness (QED) is 0.764. The Balaban J connectivity index is 2.10. The summed E-state index contributed by atoms with van der Waals surface area (Å²) < 4.78 is 0. The number of primary amides is 1. The molecular weight excluding hydrogens is 216 g/mol. The van der Waals surface area contributed by atoms with Gasteiger partial charge in [0.1, 0.15) is 5.82 Å². The number of rotatable bonds is 2. The van der Waals surface area contributed by atoms with Crippen molar-refractivity contribution in [1.82, 2.24) is 4.98 Å². The summed E-state index contributed by atoms with van der Waals surface area (Å²) in [5.74, 6) is 0.564. The first-order valence-electron chi connectivity index (χ1n) is 5.78. The van der Waals surface area contributed by atoms with Crippen molar-refractivity contribution in [3.05, 3.63) is 23.9 Å². The van der Waals surface area contributed by atoms with Gasteiger partial charge in [-0.25, -0.2) is 4.98 Å². The number of pyridine rings is 1. The van der Waals surface area contributed by atoms with Gasteiger partial charge in [-0.2, -0.15) is 0 Å². The fraction of sp³-hybridized carbons (Fsp3) is 0.500. The van der Waals surface area contributed by atoms with E-state index in [1.807, 2.05) is 19.1 Å². The van der Waals surface area contributed by atoms with Gasteiger partial charge < -0.3 is 16.4 Å². The number of hydrogen-bond acceptors (Lipinski definition) is 4. The van der Waals surface area contributed by atoms with Gasteiger partial charge in [0.2, 0.25) is 5.91 Å². The van der Waals surface area contributed by atoms with Gasteiger partial charge in [0.25, 0.3) is 0 Å². The summed E-state index contributed by atoms with van der Waals surface area (Å²) in [4.78, 5) is 17.8. The summed E-state index contributed by atoms with van der Waals surface area (Å²) in [5, 5.41) is 0. The lowest BCUT2D eigenvalue weighted by atomic mass is 9.88. The maximum atomic E-state index is 11.2.